The largest absolute Gasteiger partial charge is 0.347 e. The summed E-state index contributed by atoms with van der Waals surface area (Å²) in [6.45, 7) is 4.54. The van der Waals surface area contributed by atoms with Crippen LogP contribution >= 0.6 is 11.6 Å². The maximum Gasteiger partial charge on any atom is 0.329 e. The second kappa shape index (κ2) is 9.63. The van der Waals surface area contributed by atoms with Gasteiger partial charge in [0.25, 0.3) is 0 Å². The SMILES string of the molecule is CCCn1c(=O)n(CCC(=O)NCC(=O)Nc2cccc(Cl)c2C)c2ccccc21. The second-order valence-electron chi connectivity index (χ2n) is 7.06. The van der Waals surface area contributed by atoms with Crippen LogP contribution in [0.15, 0.2) is 47.3 Å². The van der Waals surface area contributed by atoms with Crippen molar-refractivity contribution in [2.75, 3.05) is 11.9 Å². The lowest BCUT2D eigenvalue weighted by Gasteiger charge is -2.10. The molecule has 0 fully saturated rings. The number of hydrogen-bond donors (Lipinski definition) is 2. The van der Waals surface area contributed by atoms with Crippen LogP contribution in [0.3, 0.4) is 0 Å². The molecule has 7 nitrogen and oxygen atoms in total. The Kier molecular flexibility index (Phi) is 6.95. The Morgan fingerprint density at radius 3 is 2.30 bits per heavy atom. The van der Waals surface area contributed by atoms with E-state index in [1.165, 1.54) is 0 Å². The Balaban J connectivity index is 1.59. The first-order valence-electron chi connectivity index (χ1n) is 9.92. The van der Waals surface area contributed by atoms with E-state index < -0.39 is 0 Å². The number of rotatable bonds is 8. The molecule has 30 heavy (non-hydrogen) atoms. The fourth-order valence-corrected chi connectivity index (χ4v) is 3.52. The van der Waals surface area contributed by atoms with Crippen LogP contribution in [0.5, 0.6) is 0 Å². The maximum atomic E-state index is 12.7. The predicted molar refractivity (Wildman–Crippen MR) is 119 cm³/mol. The van der Waals surface area contributed by atoms with Crippen molar-refractivity contribution in [3.63, 3.8) is 0 Å². The number of amides is 2. The molecule has 158 valence electrons. The summed E-state index contributed by atoms with van der Waals surface area (Å²) >= 11 is 6.05. The van der Waals surface area contributed by atoms with Crippen LogP contribution in [-0.2, 0) is 22.7 Å². The first-order valence-corrected chi connectivity index (χ1v) is 10.3. The molecule has 0 aliphatic carbocycles. The molecule has 0 saturated carbocycles. The average Bonchev–Trinajstić information content (AvgIpc) is 3.00. The molecule has 0 atom stereocenters. The summed E-state index contributed by atoms with van der Waals surface area (Å²) in [5.74, 6) is -0.641. The quantitative estimate of drug-likeness (QED) is 0.577. The predicted octanol–water partition coefficient (Wildman–Crippen LogP) is 3.32. The van der Waals surface area contributed by atoms with E-state index in [4.69, 9.17) is 11.6 Å². The lowest BCUT2D eigenvalue weighted by atomic mass is 10.2. The number of benzene rings is 2. The third kappa shape index (κ3) is 4.74. The van der Waals surface area contributed by atoms with E-state index in [1.807, 2.05) is 38.1 Å². The third-order valence-electron chi connectivity index (χ3n) is 4.92. The smallest absolute Gasteiger partial charge is 0.329 e. The number of para-hydroxylation sites is 2. The minimum absolute atomic E-state index is 0.101. The topological polar surface area (TPSA) is 85.1 Å². The van der Waals surface area contributed by atoms with E-state index in [9.17, 15) is 14.4 Å². The van der Waals surface area contributed by atoms with Gasteiger partial charge in [-0.05, 0) is 43.2 Å². The standard InChI is InChI=1S/C22H25ClN4O3/c1-3-12-26-18-9-4-5-10-19(18)27(22(26)30)13-11-20(28)24-14-21(29)25-17-8-6-7-16(23)15(17)2/h4-10H,3,11-14H2,1-2H3,(H,24,28)(H,25,29). The number of nitrogens with one attached hydrogen (secondary N) is 2. The van der Waals surface area contributed by atoms with Crippen molar-refractivity contribution in [2.45, 2.75) is 39.8 Å². The number of aromatic nitrogens is 2. The summed E-state index contributed by atoms with van der Waals surface area (Å²) in [6.07, 6.45) is 0.944. The van der Waals surface area contributed by atoms with Crippen LogP contribution in [0, 0.1) is 6.92 Å². The number of anilines is 1. The molecule has 2 amide bonds. The number of nitrogens with zero attached hydrogens (tertiary/aromatic N) is 2. The number of imidazole rings is 1. The van der Waals surface area contributed by atoms with E-state index in [0.29, 0.717) is 17.3 Å². The highest BCUT2D eigenvalue weighted by molar-refractivity contribution is 6.31. The molecule has 1 heterocycles. The van der Waals surface area contributed by atoms with Crippen molar-refractivity contribution in [3.05, 3.63) is 63.5 Å². The van der Waals surface area contributed by atoms with Crippen LogP contribution in [-0.4, -0.2) is 27.5 Å². The first kappa shape index (κ1) is 21.6. The van der Waals surface area contributed by atoms with Crippen molar-refractivity contribution in [3.8, 4) is 0 Å². The number of halogens is 1. The summed E-state index contributed by atoms with van der Waals surface area (Å²) in [4.78, 5) is 37.1. The molecule has 0 saturated heterocycles. The van der Waals surface area contributed by atoms with Gasteiger partial charge >= 0.3 is 5.69 Å². The lowest BCUT2D eigenvalue weighted by Crippen LogP contribution is -2.34. The zero-order valence-electron chi connectivity index (χ0n) is 17.1. The number of fused-ring (bicyclic) bond motifs is 1. The van der Waals surface area contributed by atoms with Gasteiger partial charge in [0.05, 0.1) is 17.6 Å². The summed E-state index contributed by atoms with van der Waals surface area (Å²) in [6, 6.07) is 12.8. The van der Waals surface area contributed by atoms with Gasteiger partial charge in [0.15, 0.2) is 0 Å². The van der Waals surface area contributed by atoms with Crippen LogP contribution in [0.4, 0.5) is 5.69 Å². The maximum absolute atomic E-state index is 12.7. The van der Waals surface area contributed by atoms with Crippen LogP contribution in [0.2, 0.25) is 5.02 Å². The molecule has 0 radical (unpaired) electrons. The molecule has 2 N–H and O–H groups in total. The molecule has 8 heteroatoms. The minimum Gasteiger partial charge on any atom is -0.347 e. The fourth-order valence-electron chi connectivity index (χ4n) is 3.35. The monoisotopic (exact) mass is 428 g/mol. The first-order chi connectivity index (χ1) is 14.4. The van der Waals surface area contributed by atoms with Crippen molar-refractivity contribution in [2.24, 2.45) is 0 Å². The van der Waals surface area contributed by atoms with Gasteiger partial charge in [-0.3, -0.25) is 18.7 Å². The zero-order chi connectivity index (χ0) is 21.7. The Morgan fingerprint density at radius 2 is 1.63 bits per heavy atom. The van der Waals surface area contributed by atoms with Crippen molar-refractivity contribution in [1.82, 2.24) is 14.5 Å². The van der Waals surface area contributed by atoms with Gasteiger partial charge in [0.1, 0.15) is 0 Å². The molecule has 3 rings (SSSR count). The summed E-state index contributed by atoms with van der Waals surface area (Å²) in [5, 5.41) is 5.89. The number of aryl methyl sites for hydroxylation is 2. The molecule has 2 aromatic carbocycles. The molecule has 0 unspecified atom stereocenters. The summed E-state index contributed by atoms with van der Waals surface area (Å²) in [5.41, 5.74) is 2.91. The molecule has 0 aliphatic rings. The Labute approximate surface area is 179 Å². The highest BCUT2D eigenvalue weighted by atomic mass is 35.5. The zero-order valence-corrected chi connectivity index (χ0v) is 17.8. The summed E-state index contributed by atoms with van der Waals surface area (Å²) in [7, 11) is 0. The van der Waals surface area contributed by atoms with E-state index >= 15 is 0 Å². The molecule has 0 spiro atoms. The van der Waals surface area contributed by atoms with E-state index in [0.717, 1.165) is 23.0 Å². The van der Waals surface area contributed by atoms with Crippen molar-refractivity contribution < 1.29 is 9.59 Å². The molecular weight excluding hydrogens is 404 g/mol. The van der Waals surface area contributed by atoms with Crippen LogP contribution in [0.1, 0.15) is 25.3 Å². The van der Waals surface area contributed by atoms with Gasteiger partial charge in [-0.25, -0.2) is 4.79 Å². The van der Waals surface area contributed by atoms with Gasteiger partial charge < -0.3 is 10.6 Å². The summed E-state index contributed by atoms with van der Waals surface area (Å²) < 4.78 is 3.34. The Hall–Kier alpha value is -3.06. The third-order valence-corrected chi connectivity index (χ3v) is 5.33. The Morgan fingerprint density at radius 1 is 0.967 bits per heavy atom. The van der Waals surface area contributed by atoms with Gasteiger partial charge in [-0.15, -0.1) is 0 Å². The minimum atomic E-state index is -0.342. The van der Waals surface area contributed by atoms with E-state index in [-0.39, 0.29) is 37.0 Å². The number of carbonyl (C=O) groups is 2. The number of carbonyl (C=O) groups excluding carboxylic acids is 2. The second-order valence-corrected chi connectivity index (χ2v) is 7.47. The molecule has 1 aromatic heterocycles. The van der Waals surface area contributed by atoms with E-state index in [2.05, 4.69) is 10.6 Å². The van der Waals surface area contributed by atoms with Gasteiger partial charge in [-0.2, -0.15) is 0 Å². The Bertz CT molecular complexity index is 1130. The fraction of sp³-hybridized carbons (Fsp3) is 0.318. The lowest BCUT2D eigenvalue weighted by molar-refractivity contribution is -0.124. The van der Waals surface area contributed by atoms with Crippen molar-refractivity contribution in [1.29, 1.82) is 0 Å². The molecule has 0 bridgehead atoms. The van der Waals surface area contributed by atoms with Gasteiger partial charge in [-0.1, -0.05) is 36.7 Å². The highest BCUT2D eigenvalue weighted by Crippen LogP contribution is 2.22. The number of hydrogen-bond acceptors (Lipinski definition) is 3. The van der Waals surface area contributed by atoms with Crippen LogP contribution in [0.25, 0.3) is 11.0 Å². The molecular formula is C22H25ClN4O3. The normalized spacial score (nSPS) is 10.9. The average molecular weight is 429 g/mol. The highest BCUT2D eigenvalue weighted by Gasteiger charge is 2.14. The van der Waals surface area contributed by atoms with Gasteiger partial charge in [0.2, 0.25) is 11.8 Å². The molecule has 0 aliphatic heterocycles. The van der Waals surface area contributed by atoms with E-state index in [1.54, 1.807) is 27.3 Å². The molecule has 3 aromatic rings. The van der Waals surface area contributed by atoms with Gasteiger partial charge in [0, 0.05) is 30.2 Å². The van der Waals surface area contributed by atoms with Crippen LogP contribution < -0.4 is 16.3 Å². The van der Waals surface area contributed by atoms with Crippen molar-refractivity contribution >= 4 is 40.1 Å².